The summed E-state index contributed by atoms with van der Waals surface area (Å²) in [5.74, 6) is -0.499. The van der Waals surface area contributed by atoms with Gasteiger partial charge in [0.15, 0.2) is 10.2 Å². The first kappa shape index (κ1) is 19.5. The van der Waals surface area contributed by atoms with Crippen molar-refractivity contribution in [1.29, 1.82) is 0 Å². The summed E-state index contributed by atoms with van der Waals surface area (Å²) in [4.78, 5) is 11.2. The summed E-state index contributed by atoms with van der Waals surface area (Å²) >= 11 is 9.99. The Morgan fingerprint density at radius 3 is 1.88 bits per heavy atom. The molecule has 0 radical (unpaired) electrons. The summed E-state index contributed by atoms with van der Waals surface area (Å²) < 4.78 is 0. The number of nitrogens with two attached hydrogens (primary N) is 1. The van der Waals surface area contributed by atoms with Crippen LogP contribution in [-0.2, 0) is 0 Å². The number of hydrazone groups is 2. The highest BCUT2D eigenvalue weighted by Gasteiger charge is 2.10. The molecule has 0 atom stereocenters. The fourth-order valence-electron chi connectivity index (χ4n) is 1.55. The lowest BCUT2D eigenvalue weighted by Gasteiger charge is -2.10. The van der Waals surface area contributed by atoms with Crippen LogP contribution in [0.5, 0.6) is 0 Å². The van der Waals surface area contributed by atoms with Crippen molar-refractivity contribution < 1.29 is 4.79 Å². The number of hydrogen-bond acceptors (Lipinski definition) is 5. The molecule has 1 rings (SSSR count). The standard InChI is InChI=1S/C14H19N7OS2/c1-8(18-20-13(23)16-2)11(19-21-14(24)17-3)9-4-6-10(7-5-9)12(15)22/h4-7H,1-3H3,(H2,15,22)(H2,16,20,23)(H2,17,21,24). The first-order chi connectivity index (χ1) is 11.4. The maximum Gasteiger partial charge on any atom is 0.248 e. The third-order valence-corrected chi connectivity index (χ3v) is 3.42. The summed E-state index contributed by atoms with van der Waals surface area (Å²) in [5.41, 5.74) is 12.9. The largest absolute Gasteiger partial charge is 0.366 e. The van der Waals surface area contributed by atoms with Gasteiger partial charge in [-0.2, -0.15) is 10.2 Å². The molecule has 0 aliphatic carbocycles. The summed E-state index contributed by atoms with van der Waals surface area (Å²) in [6.07, 6.45) is 0. The highest BCUT2D eigenvalue weighted by molar-refractivity contribution is 7.80. The van der Waals surface area contributed by atoms with Crippen molar-refractivity contribution in [3.05, 3.63) is 35.4 Å². The molecule has 0 fully saturated rings. The summed E-state index contributed by atoms with van der Waals surface area (Å²) in [7, 11) is 3.37. The van der Waals surface area contributed by atoms with E-state index in [-0.39, 0.29) is 0 Å². The Labute approximate surface area is 151 Å². The minimum absolute atomic E-state index is 0.354. The van der Waals surface area contributed by atoms with Gasteiger partial charge in [0.05, 0.1) is 5.71 Å². The molecule has 1 aromatic carbocycles. The van der Waals surface area contributed by atoms with Crippen LogP contribution in [0.3, 0.4) is 0 Å². The SMILES string of the molecule is CNC(=S)NN=C(C)C(=NNC(=S)NC)c1ccc(C(N)=O)cc1. The Bertz CT molecular complexity index is 683. The van der Waals surface area contributed by atoms with E-state index in [1.165, 1.54) is 0 Å². The molecule has 6 N–H and O–H groups in total. The predicted molar refractivity (Wildman–Crippen MR) is 104 cm³/mol. The predicted octanol–water partition coefficient (Wildman–Crippen LogP) is 0.0533. The second kappa shape index (κ2) is 9.53. The molecule has 1 aromatic rings. The highest BCUT2D eigenvalue weighted by atomic mass is 32.1. The third-order valence-electron chi connectivity index (χ3n) is 2.83. The number of carbonyl (C=O) groups excluding carboxylic acids is 1. The van der Waals surface area contributed by atoms with E-state index < -0.39 is 5.91 Å². The maximum atomic E-state index is 11.2. The van der Waals surface area contributed by atoms with Gasteiger partial charge in [0, 0.05) is 25.2 Å². The second-order valence-electron chi connectivity index (χ2n) is 4.48. The van der Waals surface area contributed by atoms with Crippen molar-refractivity contribution in [1.82, 2.24) is 21.5 Å². The molecule has 0 spiro atoms. The van der Waals surface area contributed by atoms with Crippen LogP contribution in [0.2, 0.25) is 0 Å². The highest BCUT2D eigenvalue weighted by Crippen LogP contribution is 2.07. The average molecular weight is 365 g/mol. The van der Waals surface area contributed by atoms with Gasteiger partial charge in [0.2, 0.25) is 5.91 Å². The van der Waals surface area contributed by atoms with Crippen LogP contribution in [0.1, 0.15) is 22.8 Å². The van der Waals surface area contributed by atoms with Gasteiger partial charge >= 0.3 is 0 Å². The number of nitrogens with zero attached hydrogens (tertiary/aromatic N) is 2. The van der Waals surface area contributed by atoms with Crippen LogP contribution in [0.15, 0.2) is 34.5 Å². The van der Waals surface area contributed by atoms with Crippen molar-refractivity contribution in [3.8, 4) is 0 Å². The van der Waals surface area contributed by atoms with E-state index in [1.807, 2.05) is 0 Å². The molecule has 128 valence electrons. The van der Waals surface area contributed by atoms with Crippen LogP contribution in [0, 0.1) is 0 Å². The molecule has 24 heavy (non-hydrogen) atoms. The Kier molecular flexibility index (Phi) is 7.72. The fourth-order valence-corrected chi connectivity index (χ4v) is 1.64. The summed E-state index contributed by atoms with van der Waals surface area (Å²) in [6.45, 7) is 1.76. The monoisotopic (exact) mass is 365 g/mol. The van der Waals surface area contributed by atoms with Gasteiger partial charge in [-0.1, -0.05) is 12.1 Å². The number of hydrogen-bond donors (Lipinski definition) is 5. The van der Waals surface area contributed by atoms with Gasteiger partial charge in [-0.15, -0.1) is 0 Å². The number of nitrogens with one attached hydrogen (secondary N) is 4. The fraction of sp³-hybridized carbons (Fsp3) is 0.214. The molecule has 10 heteroatoms. The normalized spacial score (nSPS) is 11.5. The smallest absolute Gasteiger partial charge is 0.248 e. The van der Waals surface area contributed by atoms with Crippen molar-refractivity contribution in [2.75, 3.05) is 14.1 Å². The van der Waals surface area contributed by atoms with Crippen molar-refractivity contribution in [3.63, 3.8) is 0 Å². The Morgan fingerprint density at radius 1 is 0.958 bits per heavy atom. The number of thiocarbonyl (C=S) groups is 2. The Balaban J connectivity index is 3.15. The lowest BCUT2D eigenvalue weighted by Crippen LogP contribution is -2.32. The number of benzene rings is 1. The van der Waals surface area contributed by atoms with Gasteiger partial charge in [-0.3, -0.25) is 15.6 Å². The number of amides is 1. The van der Waals surface area contributed by atoms with Gasteiger partial charge < -0.3 is 16.4 Å². The average Bonchev–Trinajstić information content (AvgIpc) is 2.59. The van der Waals surface area contributed by atoms with E-state index in [1.54, 1.807) is 45.3 Å². The van der Waals surface area contributed by atoms with Gasteiger partial charge in [0.1, 0.15) is 5.71 Å². The van der Waals surface area contributed by atoms with Crippen LogP contribution < -0.4 is 27.2 Å². The molecule has 1 amide bonds. The summed E-state index contributed by atoms with van der Waals surface area (Å²) in [6, 6.07) is 6.67. The molecule has 8 nitrogen and oxygen atoms in total. The van der Waals surface area contributed by atoms with E-state index in [4.69, 9.17) is 30.2 Å². The van der Waals surface area contributed by atoms with E-state index in [0.29, 0.717) is 27.2 Å². The van der Waals surface area contributed by atoms with Crippen molar-refractivity contribution >= 4 is 52.0 Å². The molecule has 0 aliphatic rings. The zero-order valence-electron chi connectivity index (χ0n) is 13.5. The quantitative estimate of drug-likeness (QED) is 0.284. The van der Waals surface area contributed by atoms with E-state index >= 15 is 0 Å². The van der Waals surface area contributed by atoms with Crippen LogP contribution >= 0.6 is 24.4 Å². The zero-order valence-corrected chi connectivity index (χ0v) is 15.1. The first-order valence-electron chi connectivity index (χ1n) is 6.87. The van der Waals surface area contributed by atoms with Crippen LogP contribution in [-0.4, -0.2) is 41.7 Å². The van der Waals surface area contributed by atoms with E-state index in [2.05, 4.69) is 31.7 Å². The number of carbonyl (C=O) groups is 1. The van der Waals surface area contributed by atoms with Crippen molar-refractivity contribution in [2.45, 2.75) is 6.92 Å². The maximum absolute atomic E-state index is 11.2. The van der Waals surface area contributed by atoms with Gasteiger partial charge in [-0.05, 0) is 43.5 Å². The molecule has 0 saturated carbocycles. The van der Waals surface area contributed by atoms with Crippen LogP contribution in [0.25, 0.3) is 0 Å². The molecule has 0 aromatic heterocycles. The molecular weight excluding hydrogens is 346 g/mol. The third kappa shape index (κ3) is 5.89. The first-order valence-corrected chi connectivity index (χ1v) is 7.68. The molecule has 0 aliphatic heterocycles. The summed E-state index contributed by atoms with van der Waals surface area (Å²) in [5, 5.41) is 14.7. The van der Waals surface area contributed by atoms with Gasteiger partial charge in [0.25, 0.3) is 0 Å². The minimum atomic E-state index is -0.499. The molecule has 0 bridgehead atoms. The van der Waals surface area contributed by atoms with Crippen LogP contribution in [0.4, 0.5) is 0 Å². The molecule has 0 saturated heterocycles. The van der Waals surface area contributed by atoms with Crippen molar-refractivity contribution in [2.24, 2.45) is 15.9 Å². The number of primary amides is 1. The molecular formula is C14H19N7OS2. The lowest BCUT2D eigenvalue weighted by atomic mass is 10.0. The molecule has 0 heterocycles. The topological polar surface area (TPSA) is 116 Å². The zero-order chi connectivity index (χ0) is 18.1. The Morgan fingerprint density at radius 2 is 1.42 bits per heavy atom. The Hall–Kier alpha value is -2.59. The van der Waals surface area contributed by atoms with Gasteiger partial charge in [-0.25, -0.2) is 0 Å². The second-order valence-corrected chi connectivity index (χ2v) is 5.30. The van der Waals surface area contributed by atoms with E-state index in [9.17, 15) is 4.79 Å². The van der Waals surface area contributed by atoms with E-state index in [0.717, 1.165) is 5.56 Å². The minimum Gasteiger partial charge on any atom is -0.366 e. The molecule has 0 unspecified atom stereocenters. The lowest BCUT2D eigenvalue weighted by molar-refractivity contribution is 0.100. The number of rotatable bonds is 5.